The number of ether oxygens (including phenoxy) is 4. The van der Waals surface area contributed by atoms with E-state index in [2.05, 4.69) is 5.32 Å². The summed E-state index contributed by atoms with van der Waals surface area (Å²) in [6.07, 6.45) is 1.48. The van der Waals surface area contributed by atoms with E-state index in [1.165, 1.54) is 13.2 Å². The van der Waals surface area contributed by atoms with E-state index >= 15 is 0 Å². The van der Waals surface area contributed by atoms with Gasteiger partial charge in [-0.2, -0.15) is 0 Å². The first-order valence-corrected chi connectivity index (χ1v) is 17.4. The number of amides is 2. The molecule has 1 aliphatic rings. The zero-order valence-corrected chi connectivity index (χ0v) is 30.9. The largest absolute Gasteiger partial charge is 0.495 e. The smallest absolute Gasteiger partial charge is 0.347 e. The number of esters is 2. The van der Waals surface area contributed by atoms with Crippen LogP contribution in [0.1, 0.15) is 57.8 Å². The average Bonchev–Trinajstić information content (AvgIpc) is 3.86. The van der Waals surface area contributed by atoms with Gasteiger partial charge >= 0.3 is 11.9 Å². The van der Waals surface area contributed by atoms with Crippen molar-refractivity contribution in [3.05, 3.63) is 76.8 Å². The van der Waals surface area contributed by atoms with Crippen LogP contribution in [0.3, 0.4) is 0 Å². The number of halogens is 1. The Hall–Kier alpha value is -3.93. The number of benzene rings is 2. The van der Waals surface area contributed by atoms with Crippen molar-refractivity contribution in [2.45, 2.75) is 71.4 Å². The van der Waals surface area contributed by atoms with Gasteiger partial charge in [0, 0.05) is 31.3 Å². The van der Waals surface area contributed by atoms with E-state index in [1.807, 2.05) is 76.2 Å². The predicted octanol–water partition coefficient (Wildman–Crippen LogP) is 4.90. The first kappa shape index (κ1) is 40.5. The molecule has 11 nitrogen and oxygen atoms in total. The lowest BCUT2D eigenvalue weighted by atomic mass is 9.93. The molecule has 2 amide bonds. The van der Waals surface area contributed by atoms with Crippen molar-refractivity contribution >= 4 is 35.4 Å². The van der Waals surface area contributed by atoms with Crippen molar-refractivity contribution in [1.82, 2.24) is 10.2 Å². The third-order valence-electron chi connectivity index (χ3n) is 8.53. The standard InChI is InChI=1S/C38H52ClN3O8/c1-23(2)18-32(38(46)48-30(14-11-15-33(40)43)25(4)34-35(50-34)27-12-9-8-10-13-27)49-37(45)28(22-42(5)6)21-41-36(44)24(3)19-26-16-17-31(47-7)29(39)20-26/h8-13,15-17,20,23-25,28,30,32,34-35H,14,18-19,21-22H2,1-7H3,(H2,40,43)(H,41,44)/b15-11+/t24-,25+,28+,30+,32+,34-,35-/m1/s1. The summed E-state index contributed by atoms with van der Waals surface area (Å²) < 4.78 is 23.1. The fourth-order valence-electron chi connectivity index (χ4n) is 5.76. The second kappa shape index (κ2) is 19.5. The second-order valence-electron chi connectivity index (χ2n) is 13.6. The number of methoxy groups -OCH3 is 1. The molecule has 3 N–H and O–H groups in total. The molecule has 0 aliphatic carbocycles. The van der Waals surface area contributed by atoms with Crippen molar-refractivity contribution in [2.24, 2.45) is 29.4 Å². The number of epoxide rings is 1. The molecule has 0 bridgehead atoms. The lowest BCUT2D eigenvalue weighted by Gasteiger charge is -2.27. The fraction of sp³-hybridized carbons (Fsp3) is 0.526. The number of hydrogen-bond acceptors (Lipinski definition) is 9. The molecule has 12 heteroatoms. The lowest BCUT2D eigenvalue weighted by molar-refractivity contribution is -0.176. The van der Waals surface area contributed by atoms with Crippen LogP contribution in [0.15, 0.2) is 60.7 Å². The van der Waals surface area contributed by atoms with Gasteiger partial charge in [0.1, 0.15) is 18.0 Å². The van der Waals surface area contributed by atoms with Gasteiger partial charge in [0.05, 0.1) is 24.2 Å². The maximum atomic E-state index is 13.7. The molecule has 1 aliphatic heterocycles. The Morgan fingerprint density at radius 3 is 2.32 bits per heavy atom. The summed E-state index contributed by atoms with van der Waals surface area (Å²) in [5.41, 5.74) is 7.20. The van der Waals surface area contributed by atoms with Gasteiger partial charge in [0.25, 0.3) is 0 Å². The number of rotatable bonds is 20. The lowest BCUT2D eigenvalue weighted by Crippen LogP contribution is -2.43. The molecule has 0 saturated carbocycles. The molecule has 0 unspecified atom stereocenters. The van der Waals surface area contributed by atoms with Crippen LogP contribution in [-0.4, -0.2) is 81.3 Å². The number of nitrogens with one attached hydrogen (secondary N) is 1. The minimum absolute atomic E-state index is 0.000448. The van der Waals surface area contributed by atoms with E-state index < -0.39 is 41.9 Å². The summed E-state index contributed by atoms with van der Waals surface area (Å²) in [6, 6.07) is 15.1. The van der Waals surface area contributed by atoms with E-state index in [0.29, 0.717) is 17.2 Å². The van der Waals surface area contributed by atoms with E-state index in [1.54, 1.807) is 25.1 Å². The fourth-order valence-corrected chi connectivity index (χ4v) is 6.04. The topological polar surface area (TPSA) is 150 Å². The highest BCUT2D eigenvalue weighted by molar-refractivity contribution is 6.32. The summed E-state index contributed by atoms with van der Waals surface area (Å²) in [5, 5.41) is 3.35. The number of nitrogens with two attached hydrogens (primary N) is 1. The summed E-state index contributed by atoms with van der Waals surface area (Å²) in [6.45, 7) is 7.86. The number of nitrogens with zero attached hydrogens (tertiary/aromatic N) is 1. The first-order chi connectivity index (χ1) is 23.7. The first-order valence-electron chi connectivity index (χ1n) is 17.0. The van der Waals surface area contributed by atoms with Crippen molar-refractivity contribution in [1.29, 1.82) is 0 Å². The van der Waals surface area contributed by atoms with Gasteiger partial charge in [-0.1, -0.05) is 81.8 Å². The maximum absolute atomic E-state index is 13.7. The molecule has 0 aromatic heterocycles. The van der Waals surface area contributed by atoms with Crippen LogP contribution in [0.5, 0.6) is 5.75 Å². The maximum Gasteiger partial charge on any atom is 0.347 e. The molecule has 1 heterocycles. The van der Waals surface area contributed by atoms with Gasteiger partial charge in [-0.15, -0.1) is 0 Å². The van der Waals surface area contributed by atoms with Gasteiger partial charge in [-0.3, -0.25) is 14.4 Å². The summed E-state index contributed by atoms with van der Waals surface area (Å²) in [7, 11) is 5.16. The summed E-state index contributed by atoms with van der Waals surface area (Å²) >= 11 is 6.26. The second-order valence-corrected chi connectivity index (χ2v) is 14.0. The molecule has 2 aromatic carbocycles. The van der Waals surface area contributed by atoms with Gasteiger partial charge in [0.15, 0.2) is 6.10 Å². The van der Waals surface area contributed by atoms with Crippen molar-refractivity contribution < 1.29 is 38.1 Å². The normalized spacial score (nSPS) is 18.6. The molecule has 50 heavy (non-hydrogen) atoms. The summed E-state index contributed by atoms with van der Waals surface area (Å²) in [5.74, 6) is -3.00. The molecule has 1 saturated heterocycles. The molecule has 1 fully saturated rings. The number of carbonyl (C=O) groups is 4. The summed E-state index contributed by atoms with van der Waals surface area (Å²) in [4.78, 5) is 53.6. The zero-order chi connectivity index (χ0) is 37.0. The Morgan fingerprint density at radius 2 is 1.72 bits per heavy atom. The van der Waals surface area contributed by atoms with Crippen molar-refractivity contribution in [3.8, 4) is 5.75 Å². The molecule has 7 atom stereocenters. The molecule has 274 valence electrons. The quantitative estimate of drug-likeness (QED) is 0.111. The van der Waals surface area contributed by atoms with Crippen LogP contribution < -0.4 is 15.8 Å². The number of primary amides is 1. The van der Waals surface area contributed by atoms with Crippen molar-refractivity contribution in [2.75, 3.05) is 34.3 Å². The minimum Gasteiger partial charge on any atom is -0.495 e. The Morgan fingerprint density at radius 1 is 1.02 bits per heavy atom. The third kappa shape index (κ3) is 12.8. The molecular weight excluding hydrogens is 662 g/mol. The van der Waals surface area contributed by atoms with E-state index in [-0.39, 0.29) is 55.9 Å². The average molecular weight is 714 g/mol. The Kier molecular flexibility index (Phi) is 15.8. The molecule has 0 spiro atoms. The molecular formula is C38H52ClN3O8. The van der Waals surface area contributed by atoms with Crippen LogP contribution in [0.4, 0.5) is 0 Å². The highest BCUT2D eigenvalue weighted by Gasteiger charge is 2.47. The monoisotopic (exact) mass is 713 g/mol. The molecule has 2 aromatic rings. The molecule has 0 radical (unpaired) electrons. The van der Waals surface area contributed by atoms with Crippen LogP contribution in [0.25, 0.3) is 0 Å². The van der Waals surface area contributed by atoms with E-state index in [0.717, 1.165) is 11.1 Å². The Bertz CT molecular complexity index is 1470. The van der Waals surface area contributed by atoms with Crippen LogP contribution in [0, 0.1) is 23.7 Å². The molecule has 3 rings (SSSR count). The van der Waals surface area contributed by atoms with E-state index in [9.17, 15) is 19.2 Å². The SMILES string of the molecule is COc1ccc(C[C@@H](C)C(=O)NC[C@@H](CN(C)C)C(=O)O[C@@H](CC(C)C)C(=O)O[C@@H](C/C=C/C(N)=O)[C@H](C)[C@H]2O[C@@H]2c2ccccc2)cc1Cl. The number of hydrogen-bond donors (Lipinski definition) is 2. The van der Waals surface area contributed by atoms with E-state index in [4.69, 9.17) is 36.3 Å². The zero-order valence-electron chi connectivity index (χ0n) is 30.1. The Labute approximate surface area is 300 Å². The number of carbonyl (C=O) groups excluding carboxylic acids is 4. The van der Waals surface area contributed by atoms with Crippen LogP contribution in [-0.2, 0) is 39.8 Å². The van der Waals surface area contributed by atoms with Crippen LogP contribution >= 0.6 is 11.6 Å². The van der Waals surface area contributed by atoms with Gasteiger partial charge in [-0.25, -0.2) is 4.79 Å². The van der Waals surface area contributed by atoms with Gasteiger partial charge in [0.2, 0.25) is 11.8 Å². The van der Waals surface area contributed by atoms with Gasteiger partial charge < -0.3 is 34.9 Å². The predicted molar refractivity (Wildman–Crippen MR) is 191 cm³/mol. The Balaban J connectivity index is 1.68. The van der Waals surface area contributed by atoms with Gasteiger partial charge in [-0.05, 0) is 62.2 Å². The van der Waals surface area contributed by atoms with Crippen LogP contribution in [0.2, 0.25) is 5.02 Å². The highest BCUT2D eigenvalue weighted by Crippen LogP contribution is 2.45. The van der Waals surface area contributed by atoms with Crippen molar-refractivity contribution in [3.63, 3.8) is 0 Å². The highest BCUT2D eigenvalue weighted by atomic mass is 35.5. The minimum atomic E-state index is -1.18. The third-order valence-corrected chi connectivity index (χ3v) is 8.83.